The summed E-state index contributed by atoms with van der Waals surface area (Å²) in [5.41, 5.74) is 2.67. The zero-order valence-corrected chi connectivity index (χ0v) is 14.3. The lowest BCUT2D eigenvalue weighted by molar-refractivity contribution is 0.144. The number of aliphatic imine (C=N–C) groups is 1. The van der Waals surface area contributed by atoms with Crippen LogP contribution in [0.25, 0.3) is 0 Å². The number of ether oxygens (including phenoxy) is 1. The molecule has 1 rings (SSSR count). The molecule has 0 spiro atoms. The standard InChI is InChI=1S/C18H31N3O/c1-4-19-18(20-12-6-7-14-22-5-2)21-13-11-17-10-8-9-16(3)15-17/h8-10,15H,4-7,11-14H2,1-3H3,(H2,19,20,21). The van der Waals surface area contributed by atoms with Gasteiger partial charge in [-0.05, 0) is 45.6 Å². The molecule has 0 aliphatic carbocycles. The molecule has 0 aromatic heterocycles. The SMILES string of the molecule is CCNC(=NCCCCOCC)NCCc1cccc(C)c1. The van der Waals surface area contributed by atoms with Crippen molar-refractivity contribution in [3.05, 3.63) is 35.4 Å². The lowest BCUT2D eigenvalue weighted by atomic mass is 10.1. The third-order valence-corrected chi connectivity index (χ3v) is 3.30. The Balaban J connectivity index is 2.27. The highest BCUT2D eigenvalue weighted by atomic mass is 16.5. The summed E-state index contributed by atoms with van der Waals surface area (Å²) in [7, 11) is 0. The Morgan fingerprint density at radius 2 is 2.05 bits per heavy atom. The molecule has 0 unspecified atom stereocenters. The van der Waals surface area contributed by atoms with Gasteiger partial charge in [0.2, 0.25) is 0 Å². The van der Waals surface area contributed by atoms with E-state index in [9.17, 15) is 0 Å². The van der Waals surface area contributed by atoms with Crippen molar-refractivity contribution in [1.82, 2.24) is 10.6 Å². The van der Waals surface area contributed by atoms with Crippen LogP contribution in [0.1, 0.15) is 37.8 Å². The van der Waals surface area contributed by atoms with Gasteiger partial charge in [0, 0.05) is 32.8 Å². The number of hydrogen-bond donors (Lipinski definition) is 2. The first-order valence-electron chi connectivity index (χ1n) is 8.41. The van der Waals surface area contributed by atoms with E-state index < -0.39 is 0 Å². The van der Waals surface area contributed by atoms with Crippen molar-refractivity contribution >= 4 is 5.96 Å². The third kappa shape index (κ3) is 8.67. The molecule has 0 bridgehead atoms. The van der Waals surface area contributed by atoms with E-state index in [2.05, 4.69) is 53.7 Å². The summed E-state index contributed by atoms with van der Waals surface area (Å²) in [6.45, 7) is 10.5. The molecule has 0 amide bonds. The molecule has 0 saturated carbocycles. The van der Waals surface area contributed by atoms with E-state index in [-0.39, 0.29) is 0 Å². The fourth-order valence-electron chi connectivity index (χ4n) is 2.19. The topological polar surface area (TPSA) is 45.7 Å². The van der Waals surface area contributed by atoms with E-state index >= 15 is 0 Å². The number of hydrogen-bond acceptors (Lipinski definition) is 2. The Kier molecular flexibility index (Phi) is 10.1. The number of rotatable bonds is 10. The molecule has 0 aliphatic rings. The second-order valence-electron chi connectivity index (χ2n) is 5.33. The summed E-state index contributed by atoms with van der Waals surface area (Å²) in [5, 5.41) is 6.69. The van der Waals surface area contributed by atoms with Gasteiger partial charge in [0.25, 0.3) is 0 Å². The second kappa shape index (κ2) is 12.0. The second-order valence-corrected chi connectivity index (χ2v) is 5.33. The fraction of sp³-hybridized carbons (Fsp3) is 0.611. The summed E-state index contributed by atoms with van der Waals surface area (Å²) in [6, 6.07) is 8.65. The molecule has 22 heavy (non-hydrogen) atoms. The van der Waals surface area contributed by atoms with Crippen molar-refractivity contribution in [3.63, 3.8) is 0 Å². The highest BCUT2D eigenvalue weighted by Crippen LogP contribution is 2.03. The minimum atomic E-state index is 0.798. The molecule has 1 aromatic rings. The molecule has 0 fully saturated rings. The van der Waals surface area contributed by atoms with E-state index in [1.165, 1.54) is 11.1 Å². The number of aryl methyl sites for hydroxylation is 1. The van der Waals surface area contributed by atoms with Crippen molar-refractivity contribution in [1.29, 1.82) is 0 Å². The van der Waals surface area contributed by atoms with Crippen LogP contribution < -0.4 is 10.6 Å². The third-order valence-electron chi connectivity index (χ3n) is 3.30. The Labute approximate surface area is 135 Å². The average molecular weight is 305 g/mol. The van der Waals surface area contributed by atoms with E-state index in [4.69, 9.17) is 4.74 Å². The predicted molar refractivity (Wildman–Crippen MR) is 94.6 cm³/mol. The number of guanidine groups is 1. The number of unbranched alkanes of at least 4 members (excludes halogenated alkanes) is 1. The maximum atomic E-state index is 5.33. The molecule has 4 heteroatoms. The highest BCUT2D eigenvalue weighted by Gasteiger charge is 1.98. The largest absolute Gasteiger partial charge is 0.382 e. The van der Waals surface area contributed by atoms with Gasteiger partial charge in [-0.2, -0.15) is 0 Å². The number of nitrogens with one attached hydrogen (secondary N) is 2. The van der Waals surface area contributed by atoms with Crippen LogP contribution in [0.5, 0.6) is 0 Å². The number of benzene rings is 1. The smallest absolute Gasteiger partial charge is 0.191 e. The van der Waals surface area contributed by atoms with Gasteiger partial charge in [-0.3, -0.25) is 4.99 Å². The van der Waals surface area contributed by atoms with Gasteiger partial charge in [-0.25, -0.2) is 0 Å². The van der Waals surface area contributed by atoms with Gasteiger partial charge in [0.15, 0.2) is 5.96 Å². The summed E-state index contributed by atoms with van der Waals surface area (Å²) >= 11 is 0. The molecule has 4 nitrogen and oxygen atoms in total. The quantitative estimate of drug-likeness (QED) is 0.397. The van der Waals surface area contributed by atoms with Gasteiger partial charge >= 0.3 is 0 Å². The van der Waals surface area contributed by atoms with Crippen molar-refractivity contribution in [2.24, 2.45) is 4.99 Å². The number of nitrogens with zero attached hydrogens (tertiary/aromatic N) is 1. The van der Waals surface area contributed by atoms with Gasteiger partial charge in [0.05, 0.1) is 0 Å². The van der Waals surface area contributed by atoms with Crippen LogP contribution in [-0.4, -0.2) is 38.8 Å². The van der Waals surface area contributed by atoms with Crippen molar-refractivity contribution in [3.8, 4) is 0 Å². The van der Waals surface area contributed by atoms with Crippen LogP contribution in [0.4, 0.5) is 0 Å². The highest BCUT2D eigenvalue weighted by molar-refractivity contribution is 5.79. The summed E-state index contributed by atoms with van der Waals surface area (Å²) < 4.78 is 5.33. The summed E-state index contributed by atoms with van der Waals surface area (Å²) in [5.74, 6) is 0.909. The summed E-state index contributed by atoms with van der Waals surface area (Å²) in [6.07, 6.45) is 3.14. The van der Waals surface area contributed by atoms with Crippen LogP contribution >= 0.6 is 0 Å². The first-order valence-corrected chi connectivity index (χ1v) is 8.41. The molecular weight excluding hydrogens is 274 g/mol. The molecule has 0 atom stereocenters. The monoisotopic (exact) mass is 305 g/mol. The maximum Gasteiger partial charge on any atom is 0.191 e. The van der Waals surface area contributed by atoms with Crippen LogP contribution in [0.3, 0.4) is 0 Å². The van der Waals surface area contributed by atoms with E-state index in [1.54, 1.807) is 0 Å². The Bertz CT molecular complexity index is 432. The van der Waals surface area contributed by atoms with E-state index in [1.807, 2.05) is 6.92 Å². The van der Waals surface area contributed by atoms with Crippen LogP contribution in [0.2, 0.25) is 0 Å². The first-order chi connectivity index (χ1) is 10.8. The van der Waals surface area contributed by atoms with Gasteiger partial charge in [-0.15, -0.1) is 0 Å². The predicted octanol–water partition coefficient (Wildman–Crippen LogP) is 2.91. The lowest BCUT2D eigenvalue weighted by Gasteiger charge is -2.11. The molecule has 0 heterocycles. The average Bonchev–Trinajstić information content (AvgIpc) is 2.51. The van der Waals surface area contributed by atoms with Crippen molar-refractivity contribution in [2.75, 3.05) is 32.8 Å². The van der Waals surface area contributed by atoms with Gasteiger partial charge in [-0.1, -0.05) is 29.8 Å². The Morgan fingerprint density at radius 3 is 2.77 bits per heavy atom. The molecule has 1 aromatic carbocycles. The molecule has 0 saturated heterocycles. The van der Waals surface area contributed by atoms with Crippen LogP contribution in [0.15, 0.2) is 29.3 Å². The minimum absolute atomic E-state index is 0.798. The minimum Gasteiger partial charge on any atom is -0.382 e. The molecule has 0 aliphatic heterocycles. The van der Waals surface area contributed by atoms with Gasteiger partial charge < -0.3 is 15.4 Å². The van der Waals surface area contributed by atoms with E-state index in [0.717, 1.165) is 58.1 Å². The fourth-order valence-corrected chi connectivity index (χ4v) is 2.19. The van der Waals surface area contributed by atoms with Crippen LogP contribution in [0, 0.1) is 6.92 Å². The van der Waals surface area contributed by atoms with Crippen LogP contribution in [-0.2, 0) is 11.2 Å². The molecule has 0 radical (unpaired) electrons. The zero-order valence-electron chi connectivity index (χ0n) is 14.3. The first kappa shape index (κ1) is 18.5. The van der Waals surface area contributed by atoms with Crippen molar-refractivity contribution < 1.29 is 4.74 Å². The lowest BCUT2D eigenvalue weighted by Crippen LogP contribution is -2.38. The van der Waals surface area contributed by atoms with Gasteiger partial charge in [0.1, 0.15) is 0 Å². The summed E-state index contributed by atoms with van der Waals surface area (Å²) in [4.78, 5) is 4.60. The van der Waals surface area contributed by atoms with E-state index in [0.29, 0.717) is 0 Å². The normalized spacial score (nSPS) is 11.5. The molecule has 124 valence electrons. The Morgan fingerprint density at radius 1 is 1.18 bits per heavy atom. The Hall–Kier alpha value is -1.55. The maximum absolute atomic E-state index is 5.33. The molecule has 2 N–H and O–H groups in total. The molecular formula is C18H31N3O. The van der Waals surface area contributed by atoms with Crippen molar-refractivity contribution in [2.45, 2.75) is 40.0 Å². The zero-order chi connectivity index (χ0) is 16.0.